The molecule has 0 bridgehead atoms. The van der Waals surface area contributed by atoms with Gasteiger partial charge in [-0.25, -0.2) is 8.42 Å². The zero-order chi connectivity index (χ0) is 12.3. The Kier molecular flexibility index (Phi) is 5.19. The second-order valence-electron chi connectivity index (χ2n) is 4.69. The fraction of sp³-hybridized carbons (Fsp3) is 1.00. The maximum Gasteiger partial charge on any atom is 0.147 e. The molecule has 0 amide bonds. The van der Waals surface area contributed by atoms with Crippen LogP contribution in [0.1, 0.15) is 20.3 Å². The molecule has 0 aromatic rings. The van der Waals surface area contributed by atoms with Gasteiger partial charge < -0.3 is 4.90 Å². The van der Waals surface area contributed by atoms with Crippen molar-refractivity contribution >= 4 is 9.84 Å². The Morgan fingerprint density at radius 2 is 1.87 bits per heavy atom. The molecule has 0 aromatic heterocycles. The zero-order valence-electron chi connectivity index (χ0n) is 10.2. The number of nitrogens with two attached hydrogens (primary N) is 1. The lowest BCUT2D eigenvalue weighted by molar-refractivity contribution is 0.135. The standard InChI is InChI=1S/C9H23N3O2S/c1-9(2,12(3)4)8(11-10)6-7-15(5,13)14/h8,11H,6-7,10H2,1-5H3. The van der Waals surface area contributed by atoms with Gasteiger partial charge in [0.25, 0.3) is 0 Å². The number of sulfone groups is 1. The highest BCUT2D eigenvalue weighted by Gasteiger charge is 2.31. The van der Waals surface area contributed by atoms with Gasteiger partial charge in [0.1, 0.15) is 9.84 Å². The molecule has 5 nitrogen and oxygen atoms in total. The molecule has 0 heterocycles. The van der Waals surface area contributed by atoms with E-state index in [1.807, 2.05) is 32.8 Å². The van der Waals surface area contributed by atoms with E-state index in [0.29, 0.717) is 6.42 Å². The molecule has 1 unspecified atom stereocenters. The molecule has 0 aliphatic carbocycles. The summed E-state index contributed by atoms with van der Waals surface area (Å²) in [6, 6.07) is -0.0535. The number of likely N-dealkylation sites (N-methyl/N-ethyl adjacent to an activating group) is 1. The summed E-state index contributed by atoms with van der Waals surface area (Å²) in [4.78, 5) is 2.03. The average molecular weight is 237 g/mol. The first-order chi connectivity index (χ1) is 6.61. The van der Waals surface area contributed by atoms with Crippen molar-refractivity contribution in [1.29, 1.82) is 0 Å². The molecular weight excluding hydrogens is 214 g/mol. The van der Waals surface area contributed by atoms with Gasteiger partial charge in [0, 0.05) is 17.8 Å². The van der Waals surface area contributed by atoms with Gasteiger partial charge in [-0.15, -0.1) is 0 Å². The summed E-state index contributed by atoms with van der Waals surface area (Å²) in [6.45, 7) is 4.06. The van der Waals surface area contributed by atoms with Crippen molar-refractivity contribution < 1.29 is 8.42 Å². The summed E-state index contributed by atoms with van der Waals surface area (Å²) in [7, 11) is 0.969. The lowest BCUT2D eigenvalue weighted by Gasteiger charge is -2.39. The van der Waals surface area contributed by atoms with Gasteiger partial charge in [0.05, 0.1) is 5.75 Å². The summed E-state index contributed by atoms with van der Waals surface area (Å²) in [5.41, 5.74) is 2.51. The van der Waals surface area contributed by atoms with Crippen LogP contribution < -0.4 is 11.3 Å². The van der Waals surface area contributed by atoms with Crippen molar-refractivity contribution in [1.82, 2.24) is 10.3 Å². The molecule has 0 fully saturated rings. The third-order valence-electron chi connectivity index (χ3n) is 2.98. The molecule has 0 aliphatic rings. The number of hydrogen-bond acceptors (Lipinski definition) is 5. The normalized spacial score (nSPS) is 15.7. The molecule has 0 aromatic carbocycles. The van der Waals surface area contributed by atoms with E-state index in [4.69, 9.17) is 5.84 Å². The van der Waals surface area contributed by atoms with Crippen molar-refractivity contribution in [2.75, 3.05) is 26.1 Å². The second kappa shape index (κ2) is 5.25. The summed E-state index contributed by atoms with van der Waals surface area (Å²) in [5.74, 6) is 5.61. The van der Waals surface area contributed by atoms with Crippen LogP contribution in [0.4, 0.5) is 0 Å². The Balaban J connectivity index is 4.51. The largest absolute Gasteiger partial charge is 0.303 e. The van der Waals surface area contributed by atoms with Gasteiger partial charge in [-0.3, -0.25) is 11.3 Å². The van der Waals surface area contributed by atoms with Crippen LogP contribution in [0.25, 0.3) is 0 Å². The molecule has 0 spiro atoms. The monoisotopic (exact) mass is 237 g/mol. The van der Waals surface area contributed by atoms with E-state index >= 15 is 0 Å². The van der Waals surface area contributed by atoms with Crippen LogP contribution in [0.2, 0.25) is 0 Å². The molecule has 0 aliphatic heterocycles. The Bertz CT molecular complexity index is 286. The number of nitrogens with zero attached hydrogens (tertiary/aromatic N) is 1. The summed E-state index contributed by atoms with van der Waals surface area (Å²) in [5, 5.41) is 0. The van der Waals surface area contributed by atoms with E-state index < -0.39 is 9.84 Å². The Morgan fingerprint density at radius 1 is 1.40 bits per heavy atom. The first-order valence-corrected chi connectivity index (χ1v) is 6.98. The molecule has 3 N–H and O–H groups in total. The number of hydrogen-bond donors (Lipinski definition) is 2. The summed E-state index contributed by atoms with van der Waals surface area (Å²) < 4.78 is 22.1. The lowest BCUT2D eigenvalue weighted by atomic mass is 9.92. The highest BCUT2D eigenvalue weighted by atomic mass is 32.2. The molecule has 0 saturated heterocycles. The number of hydrazine groups is 1. The average Bonchev–Trinajstić information content (AvgIpc) is 2.02. The predicted octanol–water partition coefficient (Wildman–Crippen LogP) is -0.407. The van der Waals surface area contributed by atoms with E-state index in [2.05, 4.69) is 5.43 Å². The van der Waals surface area contributed by atoms with Crippen LogP contribution in [0, 0.1) is 0 Å². The minimum absolute atomic E-state index is 0.0535. The lowest BCUT2D eigenvalue weighted by Crippen LogP contribution is -2.57. The first kappa shape index (κ1) is 14.8. The van der Waals surface area contributed by atoms with E-state index in [1.165, 1.54) is 6.26 Å². The summed E-state index contributed by atoms with van der Waals surface area (Å²) in [6.07, 6.45) is 1.75. The fourth-order valence-electron chi connectivity index (χ4n) is 1.28. The number of rotatable bonds is 6. The van der Waals surface area contributed by atoms with Gasteiger partial charge in [0.2, 0.25) is 0 Å². The third-order valence-corrected chi connectivity index (χ3v) is 3.96. The molecular formula is C9H23N3O2S. The van der Waals surface area contributed by atoms with Crippen molar-refractivity contribution in [3.63, 3.8) is 0 Å². The van der Waals surface area contributed by atoms with E-state index in [-0.39, 0.29) is 17.3 Å². The Morgan fingerprint density at radius 3 is 2.13 bits per heavy atom. The predicted molar refractivity (Wildman–Crippen MR) is 63.2 cm³/mol. The second-order valence-corrected chi connectivity index (χ2v) is 6.95. The topological polar surface area (TPSA) is 75.4 Å². The molecule has 15 heavy (non-hydrogen) atoms. The maximum atomic E-state index is 11.1. The third kappa shape index (κ3) is 4.92. The van der Waals surface area contributed by atoms with Crippen LogP contribution in [-0.4, -0.2) is 51.0 Å². The smallest absolute Gasteiger partial charge is 0.147 e. The maximum absolute atomic E-state index is 11.1. The van der Waals surface area contributed by atoms with Crippen molar-refractivity contribution in [2.24, 2.45) is 5.84 Å². The van der Waals surface area contributed by atoms with E-state index in [1.54, 1.807) is 0 Å². The SMILES string of the molecule is CN(C)C(C)(C)C(CCS(C)(=O)=O)NN. The molecule has 0 rings (SSSR count). The van der Waals surface area contributed by atoms with Crippen LogP contribution >= 0.6 is 0 Å². The van der Waals surface area contributed by atoms with Crippen molar-refractivity contribution in [2.45, 2.75) is 31.8 Å². The highest BCUT2D eigenvalue weighted by molar-refractivity contribution is 7.90. The minimum Gasteiger partial charge on any atom is -0.303 e. The van der Waals surface area contributed by atoms with Gasteiger partial charge in [-0.2, -0.15) is 0 Å². The van der Waals surface area contributed by atoms with E-state index in [9.17, 15) is 8.42 Å². The van der Waals surface area contributed by atoms with Crippen LogP contribution in [0.15, 0.2) is 0 Å². The minimum atomic E-state index is -2.93. The molecule has 1 atom stereocenters. The Labute approximate surface area is 92.9 Å². The molecule has 0 saturated carbocycles. The van der Waals surface area contributed by atoms with Crippen LogP contribution in [0.5, 0.6) is 0 Å². The first-order valence-electron chi connectivity index (χ1n) is 4.92. The van der Waals surface area contributed by atoms with Crippen LogP contribution in [-0.2, 0) is 9.84 Å². The summed E-state index contributed by atoms with van der Waals surface area (Å²) >= 11 is 0. The highest BCUT2D eigenvalue weighted by Crippen LogP contribution is 2.18. The van der Waals surface area contributed by atoms with Crippen molar-refractivity contribution in [3.8, 4) is 0 Å². The Hall–Kier alpha value is -0.170. The quantitative estimate of drug-likeness (QED) is 0.485. The van der Waals surface area contributed by atoms with Gasteiger partial charge in [-0.05, 0) is 34.4 Å². The molecule has 0 radical (unpaired) electrons. The van der Waals surface area contributed by atoms with Crippen molar-refractivity contribution in [3.05, 3.63) is 0 Å². The van der Waals surface area contributed by atoms with Gasteiger partial charge >= 0.3 is 0 Å². The van der Waals surface area contributed by atoms with Gasteiger partial charge in [-0.1, -0.05) is 0 Å². The fourth-order valence-corrected chi connectivity index (χ4v) is 1.95. The zero-order valence-corrected chi connectivity index (χ0v) is 11.1. The van der Waals surface area contributed by atoms with Gasteiger partial charge in [0.15, 0.2) is 0 Å². The number of nitrogens with one attached hydrogen (secondary N) is 1. The van der Waals surface area contributed by atoms with Crippen LogP contribution in [0.3, 0.4) is 0 Å². The van der Waals surface area contributed by atoms with E-state index in [0.717, 1.165) is 0 Å². The molecule has 92 valence electrons. The molecule has 6 heteroatoms.